The van der Waals surface area contributed by atoms with Crippen LogP contribution in [0, 0.1) is 5.41 Å². The Labute approximate surface area is 396 Å². The molecule has 320 valence electrons. The number of rotatable bonds is 5. The van der Waals surface area contributed by atoms with Gasteiger partial charge in [-0.3, -0.25) is 0 Å². The van der Waals surface area contributed by atoms with E-state index in [-0.39, 0.29) is 11.3 Å². The van der Waals surface area contributed by atoms with E-state index in [0.29, 0.717) is 5.75 Å². The standard InChI is InChI=1S/C66H45NO/c68-63-47-23-10-8-18-42(47)34-37-58(63)66(64-39-38-43-19-7-9-22-46(43)60(64)41-64)56-31-16-13-27-52(56)62-57(66)32-17-33-61(62)67(44-20-3-1-4-21-44)45-35-36-51-50-26-12-15-30-55(50)65(59(51)40-45)53-28-6-2-5-24-48(53)49-25-11-14-29-54(49)65/h1-23,25-40,60,68H,24,41H2. The minimum absolute atomic E-state index is 0.277. The fourth-order valence-corrected chi connectivity index (χ4v) is 14.1. The van der Waals surface area contributed by atoms with Crippen molar-refractivity contribution in [3.63, 3.8) is 0 Å². The number of fused-ring (bicyclic) bond motifs is 16. The summed E-state index contributed by atoms with van der Waals surface area (Å²) in [4.78, 5) is 2.51. The van der Waals surface area contributed by atoms with E-state index in [0.717, 1.165) is 46.2 Å². The normalized spacial score (nSPS) is 22.4. The fourth-order valence-electron chi connectivity index (χ4n) is 14.1. The molecule has 1 spiro atoms. The molecular formula is C66H45NO. The molecule has 0 amide bonds. The zero-order chi connectivity index (χ0) is 44.8. The first-order valence-electron chi connectivity index (χ1n) is 24.1. The van der Waals surface area contributed by atoms with Crippen LogP contribution in [0.2, 0.25) is 0 Å². The third-order valence-electron chi connectivity index (χ3n) is 16.7. The molecule has 0 aromatic heterocycles. The van der Waals surface area contributed by atoms with Crippen LogP contribution in [0.4, 0.5) is 17.1 Å². The van der Waals surface area contributed by atoms with E-state index in [9.17, 15) is 5.11 Å². The van der Waals surface area contributed by atoms with E-state index in [1.165, 1.54) is 77.9 Å². The number of para-hydroxylation sites is 1. The number of aromatic hydroxyl groups is 1. The average molecular weight is 868 g/mol. The molecule has 1 saturated carbocycles. The van der Waals surface area contributed by atoms with Gasteiger partial charge in [0.05, 0.1) is 16.5 Å². The van der Waals surface area contributed by atoms with Crippen LogP contribution in [-0.4, -0.2) is 5.11 Å². The van der Waals surface area contributed by atoms with E-state index in [1.807, 2.05) is 6.07 Å². The van der Waals surface area contributed by atoms with Crippen molar-refractivity contribution in [1.29, 1.82) is 0 Å². The highest BCUT2D eigenvalue weighted by Crippen LogP contribution is 2.79. The van der Waals surface area contributed by atoms with E-state index < -0.39 is 10.8 Å². The van der Waals surface area contributed by atoms with Crippen molar-refractivity contribution in [2.24, 2.45) is 5.41 Å². The summed E-state index contributed by atoms with van der Waals surface area (Å²) in [7, 11) is 0. The van der Waals surface area contributed by atoms with Crippen LogP contribution in [0.5, 0.6) is 5.75 Å². The van der Waals surface area contributed by atoms with Crippen molar-refractivity contribution in [2.45, 2.75) is 29.6 Å². The number of allylic oxidation sites excluding steroid dienone is 7. The van der Waals surface area contributed by atoms with Crippen molar-refractivity contribution in [2.75, 3.05) is 4.90 Å². The van der Waals surface area contributed by atoms with Gasteiger partial charge in [-0.2, -0.15) is 0 Å². The molecule has 0 aliphatic heterocycles. The number of hydrogen-bond donors (Lipinski definition) is 1. The summed E-state index contributed by atoms with van der Waals surface area (Å²) in [5.41, 5.74) is 21.0. The number of nitrogens with zero attached hydrogens (tertiary/aromatic N) is 1. The average Bonchev–Trinajstić information content (AvgIpc) is 3.99. The van der Waals surface area contributed by atoms with Gasteiger partial charge in [-0.05, 0) is 127 Å². The molecule has 68 heavy (non-hydrogen) atoms. The van der Waals surface area contributed by atoms with Gasteiger partial charge in [0, 0.05) is 33.3 Å². The van der Waals surface area contributed by atoms with E-state index in [1.54, 1.807) is 0 Å². The van der Waals surface area contributed by atoms with Crippen LogP contribution < -0.4 is 4.90 Å². The summed E-state index contributed by atoms with van der Waals surface area (Å²) in [6, 6.07) is 74.2. The molecule has 9 aromatic carbocycles. The van der Waals surface area contributed by atoms with Gasteiger partial charge < -0.3 is 10.0 Å². The Bertz CT molecular complexity index is 3790. The molecule has 2 nitrogen and oxygen atoms in total. The molecule has 4 atom stereocenters. The minimum Gasteiger partial charge on any atom is -0.507 e. The zero-order valence-corrected chi connectivity index (χ0v) is 37.4. The van der Waals surface area contributed by atoms with E-state index >= 15 is 0 Å². The number of phenols is 1. The van der Waals surface area contributed by atoms with Crippen LogP contribution in [0.3, 0.4) is 0 Å². The van der Waals surface area contributed by atoms with E-state index in [4.69, 9.17) is 0 Å². The Morgan fingerprint density at radius 3 is 2.09 bits per heavy atom. The van der Waals surface area contributed by atoms with Crippen molar-refractivity contribution >= 4 is 39.5 Å². The summed E-state index contributed by atoms with van der Waals surface area (Å²) < 4.78 is 0. The SMILES string of the molecule is Oc1c(C2(C34C=Cc5ccccc5C3C4)c3ccccc3-c3c(N(c4ccccc4)c4ccc5c(c4)C4(C6=C(CC=CC=C6)c6ccccc64)c4ccccc4-5)cccc32)ccc2ccccc12. The first-order chi connectivity index (χ1) is 33.6. The molecule has 1 fully saturated rings. The molecule has 6 aliphatic carbocycles. The lowest BCUT2D eigenvalue weighted by Gasteiger charge is -2.42. The van der Waals surface area contributed by atoms with Crippen LogP contribution in [0.1, 0.15) is 68.8 Å². The quantitative estimate of drug-likeness (QED) is 0.186. The minimum atomic E-state index is -0.708. The number of hydrogen-bond acceptors (Lipinski definition) is 2. The Hall–Kier alpha value is -8.20. The molecule has 6 aliphatic rings. The van der Waals surface area contributed by atoms with Gasteiger partial charge in [-0.15, -0.1) is 0 Å². The highest BCUT2D eigenvalue weighted by atomic mass is 16.3. The predicted molar refractivity (Wildman–Crippen MR) is 279 cm³/mol. The summed E-state index contributed by atoms with van der Waals surface area (Å²) in [6.07, 6.45) is 15.9. The Balaban J connectivity index is 1.02. The molecule has 15 rings (SSSR count). The van der Waals surface area contributed by atoms with Crippen LogP contribution in [0.25, 0.3) is 44.7 Å². The largest absolute Gasteiger partial charge is 0.507 e. The van der Waals surface area contributed by atoms with Crippen LogP contribution in [0.15, 0.2) is 236 Å². The Kier molecular flexibility index (Phi) is 7.64. The molecule has 0 saturated heterocycles. The summed E-state index contributed by atoms with van der Waals surface area (Å²) in [5.74, 6) is 0.638. The Morgan fingerprint density at radius 2 is 1.21 bits per heavy atom. The van der Waals surface area contributed by atoms with Gasteiger partial charge in [0.15, 0.2) is 0 Å². The first kappa shape index (κ1) is 38.0. The predicted octanol–water partition coefficient (Wildman–Crippen LogP) is 16.1. The highest BCUT2D eigenvalue weighted by molar-refractivity contribution is 6.01. The molecule has 4 unspecified atom stereocenters. The van der Waals surface area contributed by atoms with Crippen LogP contribution >= 0.6 is 0 Å². The second-order valence-corrected chi connectivity index (χ2v) is 19.6. The third kappa shape index (κ3) is 4.62. The smallest absolute Gasteiger partial charge is 0.127 e. The van der Waals surface area contributed by atoms with E-state index in [2.05, 4.69) is 235 Å². The van der Waals surface area contributed by atoms with Crippen molar-refractivity contribution < 1.29 is 5.11 Å². The van der Waals surface area contributed by atoms with Crippen LogP contribution in [-0.2, 0) is 10.8 Å². The second kappa shape index (κ2) is 13.7. The van der Waals surface area contributed by atoms with Gasteiger partial charge in [-0.1, -0.05) is 206 Å². The Morgan fingerprint density at radius 1 is 0.500 bits per heavy atom. The number of anilines is 3. The third-order valence-corrected chi connectivity index (χ3v) is 16.7. The molecular weight excluding hydrogens is 823 g/mol. The maximum Gasteiger partial charge on any atom is 0.127 e. The van der Waals surface area contributed by atoms with Crippen molar-refractivity contribution in [3.05, 3.63) is 286 Å². The molecule has 0 bridgehead atoms. The first-order valence-corrected chi connectivity index (χ1v) is 24.1. The summed E-state index contributed by atoms with van der Waals surface area (Å²) >= 11 is 0. The summed E-state index contributed by atoms with van der Waals surface area (Å²) in [6.45, 7) is 0. The maximum absolute atomic E-state index is 12.9. The fraction of sp³-hybridized carbons (Fsp3) is 0.0909. The van der Waals surface area contributed by atoms with Crippen molar-refractivity contribution in [3.8, 4) is 28.0 Å². The van der Waals surface area contributed by atoms with Gasteiger partial charge in [0.2, 0.25) is 0 Å². The molecule has 0 heterocycles. The lowest BCUT2D eigenvalue weighted by molar-refractivity contribution is 0.394. The maximum atomic E-state index is 12.9. The zero-order valence-electron chi connectivity index (χ0n) is 37.4. The van der Waals surface area contributed by atoms with Gasteiger partial charge in [0.1, 0.15) is 5.75 Å². The molecule has 1 N–H and O–H groups in total. The lowest BCUT2D eigenvalue weighted by atomic mass is 9.59. The number of phenolic OH excluding ortho intramolecular Hbond substituents is 1. The van der Waals surface area contributed by atoms with Gasteiger partial charge >= 0.3 is 0 Å². The number of benzene rings is 9. The summed E-state index contributed by atoms with van der Waals surface area (Å²) in [5, 5.41) is 14.8. The topological polar surface area (TPSA) is 23.5 Å². The molecule has 9 aromatic rings. The monoisotopic (exact) mass is 867 g/mol. The molecule has 2 heteroatoms. The lowest BCUT2D eigenvalue weighted by Crippen LogP contribution is -2.38. The highest BCUT2D eigenvalue weighted by Gasteiger charge is 2.71. The second-order valence-electron chi connectivity index (χ2n) is 19.6. The van der Waals surface area contributed by atoms with Gasteiger partial charge in [-0.25, -0.2) is 0 Å². The van der Waals surface area contributed by atoms with Crippen molar-refractivity contribution in [1.82, 2.24) is 0 Å². The van der Waals surface area contributed by atoms with Gasteiger partial charge in [0.25, 0.3) is 0 Å². The molecule has 0 radical (unpaired) electrons.